The Morgan fingerprint density at radius 2 is 1.92 bits per heavy atom. The minimum atomic E-state index is -1.25. The van der Waals surface area contributed by atoms with Crippen LogP contribution in [-0.4, -0.2) is 38.0 Å². The second kappa shape index (κ2) is 9.39. The lowest BCUT2D eigenvalue weighted by Gasteiger charge is -2.30. The molecule has 0 aliphatic heterocycles. The van der Waals surface area contributed by atoms with Crippen LogP contribution < -0.4 is 4.74 Å². The SMILES string of the molecule is COc1ccc(F)cc1[C@@H](O)c1nc2cc(-c3c(C)noc3C)ccc2n1C1CCC(C(=O)O)CC1. The van der Waals surface area contributed by atoms with Gasteiger partial charge in [-0.1, -0.05) is 11.2 Å². The van der Waals surface area contributed by atoms with Crippen LogP contribution in [0.25, 0.3) is 22.2 Å². The molecular formula is C27H28FN3O5. The Labute approximate surface area is 207 Å². The van der Waals surface area contributed by atoms with Gasteiger partial charge in [0.05, 0.1) is 29.8 Å². The van der Waals surface area contributed by atoms with Crippen LogP contribution in [0, 0.1) is 25.6 Å². The topological polar surface area (TPSA) is 111 Å². The quantitative estimate of drug-likeness (QED) is 0.372. The number of aryl methyl sites for hydroxylation is 2. The Kier molecular flexibility index (Phi) is 6.26. The number of carboxylic acids is 1. The maximum Gasteiger partial charge on any atom is 0.306 e. The lowest BCUT2D eigenvalue weighted by molar-refractivity contribution is -0.143. The first-order valence-electron chi connectivity index (χ1n) is 12.0. The fraction of sp³-hybridized carbons (Fsp3) is 0.370. The largest absolute Gasteiger partial charge is 0.496 e. The smallest absolute Gasteiger partial charge is 0.306 e. The molecule has 1 fully saturated rings. The van der Waals surface area contributed by atoms with Crippen LogP contribution in [0.3, 0.4) is 0 Å². The number of aliphatic hydroxyl groups is 1. The molecule has 0 radical (unpaired) electrons. The summed E-state index contributed by atoms with van der Waals surface area (Å²) >= 11 is 0. The van der Waals surface area contributed by atoms with Gasteiger partial charge in [0.15, 0.2) is 0 Å². The first kappa shape index (κ1) is 24.0. The zero-order chi connectivity index (χ0) is 25.6. The zero-order valence-electron chi connectivity index (χ0n) is 20.4. The number of ether oxygens (including phenoxy) is 1. The van der Waals surface area contributed by atoms with E-state index in [9.17, 15) is 19.4 Å². The van der Waals surface area contributed by atoms with Crippen LogP contribution in [0.2, 0.25) is 0 Å². The number of benzene rings is 2. The van der Waals surface area contributed by atoms with Gasteiger partial charge in [0.1, 0.15) is 29.3 Å². The molecule has 0 spiro atoms. The highest BCUT2D eigenvalue weighted by Gasteiger charge is 2.32. The fourth-order valence-corrected chi connectivity index (χ4v) is 5.38. The summed E-state index contributed by atoms with van der Waals surface area (Å²) in [5.41, 5.74) is 4.30. The molecule has 2 aromatic carbocycles. The Morgan fingerprint density at radius 1 is 1.17 bits per heavy atom. The number of hydrogen-bond donors (Lipinski definition) is 2. The molecule has 0 unspecified atom stereocenters. The lowest BCUT2D eigenvalue weighted by atomic mass is 9.85. The van der Waals surface area contributed by atoms with E-state index in [0.717, 1.165) is 22.3 Å². The zero-order valence-corrected chi connectivity index (χ0v) is 20.4. The molecule has 36 heavy (non-hydrogen) atoms. The molecule has 8 nitrogen and oxygen atoms in total. The third-order valence-corrected chi connectivity index (χ3v) is 7.18. The minimum absolute atomic E-state index is 0.0558. The monoisotopic (exact) mass is 493 g/mol. The maximum atomic E-state index is 14.2. The molecule has 188 valence electrons. The second-order valence-electron chi connectivity index (χ2n) is 9.38. The van der Waals surface area contributed by atoms with Gasteiger partial charge in [-0.2, -0.15) is 0 Å². The van der Waals surface area contributed by atoms with Crippen molar-refractivity contribution >= 4 is 17.0 Å². The van der Waals surface area contributed by atoms with Crippen molar-refractivity contribution < 1.29 is 28.7 Å². The van der Waals surface area contributed by atoms with E-state index >= 15 is 0 Å². The number of nitrogens with zero attached hydrogens (tertiary/aromatic N) is 3. The Hall–Kier alpha value is -3.72. The van der Waals surface area contributed by atoms with Gasteiger partial charge in [-0.25, -0.2) is 9.37 Å². The predicted molar refractivity (Wildman–Crippen MR) is 130 cm³/mol. The number of carboxylic acid groups (broad SMARTS) is 1. The molecule has 1 aliphatic carbocycles. The third-order valence-electron chi connectivity index (χ3n) is 7.18. The van der Waals surface area contributed by atoms with Gasteiger partial charge in [-0.3, -0.25) is 4.79 Å². The highest BCUT2D eigenvalue weighted by molar-refractivity contribution is 5.84. The summed E-state index contributed by atoms with van der Waals surface area (Å²) in [5.74, 6) is -0.230. The van der Waals surface area contributed by atoms with Crippen molar-refractivity contribution in [2.24, 2.45) is 5.92 Å². The summed E-state index contributed by atoms with van der Waals surface area (Å²) in [6.45, 7) is 3.73. The predicted octanol–water partition coefficient (Wildman–Crippen LogP) is 5.35. The van der Waals surface area contributed by atoms with E-state index < -0.39 is 17.9 Å². The van der Waals surface area contributed by atoms with Gasteiger partial charge in [-0.15, -0.1) is 0 Å². The van der Waals surface area contributed by atoms with Gasteiger partial charge < -0.3 is 24.0 Å². The van der Waals surface area contributed by atoms with Gasteiger partial charge in [0, 0.05) is 17.2 Å². The van der Waals surface area contributed by atoms with Crippen molar-refractivity contribution in [3.8, 4) is 16.9 Å². The molecule has 0 bridgehead atoms. The van der Waals surface area contributed by atoms with Crippen LogP contribution in [0.4, 0.5) is 4.39 Å². The van der Waals surface area contributed by atoms with Crippen molar-refractivity contribution in [3.05, 3.63) is 65.1 Å². The molecule has 1 saturated carbocycles. The Morgan fingerprint density at radius 3 is 2.56 bits per heavy atom. The summed E-state index contributed by atoms with van der Waals surface area (Å²) in [4.78, 5) is 16.3. The van der Waals surface area contributed by atoms with E-state index in [-0.39, 0.29) is 17.5 Å². The highest BCUT2D eigenvalue weighted by atomic mass is 19.1. The minimum Gasteiger partial charge on any atom is -0.496 e. The maximum absolute atomic E-state index is 14.2. The number of rotatable bonds is 6. The summed E-state index contributed by atoms with van der Waals surface area (Å²) in [6.07, 6.45) is 1.09. The van der Waals surface area contributed by atoms with Crippen LogP contribution in [0.1, 0.15) is 60.7 Å². The van der Waals surface area contributed by atoms with Gasteiger partial charge >= 0.3 is 5.97 Å². The molecule has 2 N–H and O–H groups in total. The first-order chi connectivity index (χ1) is 17.3. The van der Waals surface area contributed by atoms with E-state index in [1.807, 2.05) is 36.6 Å². The van der Waals surface area contributed by atoms with Crippen LogP contribution in [-0.2, 0) is 4.79 Å². The summed E-state index contributed by atoms with van der Waals surface area (Å²) in [6, 6.07) is 9.81. The van der Waals surface area contributed by atoms with E-state index in [1.54, 1.807) is 0 Å². The molecule has 1 atom stereocenters. The molecule has 0 amide bonds. The van der Waals surface area contributed by atoms with Crippen LogP contribution >= 0.6 is 0 Å². The molecule has 2 heterocycles. The van der Waals surface area contributed by atoms with E-state index in [2.05, 4.69) is 5.16 Å². The average molecular weight is 494 g/mol. The number of aliphatic carboxylic acids is 1. The number of hydrogen-bond acceptors (Lipinski definition) is 6. The molecule has 1 aliphatic rings. The fourth-order valence-electron chi connectivity index (χ4n) is 5.38. The van der Waals surface area contributed by atoms with Crippen LogP contribution in [0.5, 0.6) is 5.75 Å². The van der Waals surface area contributed by atoms with Crippen molar-refractivity contribution in [1.29, 1.82) is 0 Å². The number of methoxy groups -OCH3 is 1. The van der Waals surface area contributed by atoms with Crippen LogP contribution in [0.15, 0.2) is 40.9 Å². The third kappa shape index (κ3) is 4.13. The standard InChI is InChI=1S/C27H28FN3O5/c1-14-24(15(2)36-30-14)17-6-10-22-21(12-17)29-26(25(32)20-13-18(28)7-11-23(20)35-3)31(22)19-8-4-16(5-9-19)27(33)34/h6-7,10-13,16,19,25,32H,4-5,8-9H2,1-3H3,(H,33,34)/t16?,19?,25-/m1/s1. The molecule has 0 saturated heterocycles. The molecule has 2 aromatic heterocycles. The normalized spacial score (nSPS) is 18.9. The molecule has 5 rings (SSSR count). The van der Waals surface area contributed by atoms with Crippen molar-refractivity contribution in [2.45, 2.75) is 51.7 Å². The van der Waals surface area contributed by atoms with Gasteiger partial charge in [-0.05, 0) is 75.4 Å². The summed E-state index contributed by atoms with van der Waals surface area (Å²) in [5, 5.41) is 25.0. The highest BCUT2D eigenvalue weighted by Crippen LogP contribution is 2.40. The number of imidazole rings is 1. The van der Waals surface area contributed by atoms with E-state index in [0.29, 0.717) is 48.5 Å². The van der Waals surface area contributed by atoms with Gasteiger partial charge in [0.2, 0.25) is 0 Å². The summed E-state index contributed by atoms with van der Waals surface area (Å²) < 4.78 is 26.9. The van der Waals surface area contributed by atoms with E-state index in [1.165, 1.54) is 25.3 Å². The van der Waals surface area contributed by atoms with Crippen molar-refractivity contribution in [1.82, 2.24) is 14.7 Å². The summed E-state index contributed by atoms with van der Waals surface area (Å²) in [7, 11) is 1.47. The number of aliphatic hydroxyl groups excluding tert-OH is 1. The number of aromatic nitrogens is 3. The number of halogens is 1. The number of carbonyl (C=O) groups is 1. The average Bonchev–Trinajstić information content (AvgIpc) is 3.42. The second-order valence-corrected chi connectivity index (χ2v) is 9.38. The first-order valence-corrected chi connectivity index (χ1v) is 12.0. The lowest BCUT2D eigenvalue weighted by Crippen LogP contribution is -2.25. The van der Waals surface area contributed by atoms with Crippen molar-refractivity contribution in [3.63, 3.8) is 0 Å². The van der Waals surface area contributed by atoms with E-state index in [4.69, 9.17) is 14.2 Å². The van der Waals surface area contributed by atoms with Gasteiger partial charge in [0.25, 0.3) is 0 Å². The Balaban J connectivity index is 1.65. The molecule has 4 aromatic rings. The van der Waals surface area contributed by atoms with Crippen molar-refractivity contribution in [2.75, 3.05) is 7.11 Å². The number of fused-ring (bicyclic) bond motifs is 1. The Bertz CT molecular complexity index is 1420. The molecule has 9 heteroatoms. The molecular weight excluding hydrogens is 465 g/mol.